The van der Waals surface area contributed by atoms with Gasteiger partial charge < -0.3 is 5.73 Å². The van der Waals surface area contributed by atoms with Gasteiger partial charge in [0.15, 0.2) is 0 Å². The predicted octanol–water partition coefficient (Wildman–Crippen LogP) is 1.81. The number of hydrogen-bond acceptors (Lipinski definition) is 4. The van der Waals surface area contributed by atoms with Crippen LogP contribution in [0.1, 0.15) is 24.5 Å². The number of nitriles is 1. The minimum Gasteiger partial charge on any atom is -0.398 e. The molecule has 2 N–H and O–H groups in total. The quantitative estimate of drug-likeness (QED) is 0.834. The number of nitrogens with zero attached hydrogens (tertiary/aromatic N) is 2. The highest BCUT2D eigenvalue weighted by atomic mass is 32.2. The van der Waals surface area contributed by atoms with Crippen molar-refractivity contribution in [3.05, 3.63) is 23.3 Å². The van der Waals surface area contributed by atoms with Crippen molar-refractivity contribution in [2.24, 2.45) is 0 Å². The average molecular weight is 281 g/mol. The predicted molar refractivity (Wildman–Crippen MR) is 75.0 cm³/mol. The van der Waals surface area contributed by atoms with E-state index in [0.717, 1.165) is 5.56 Å². The Morgan fingerprint density at radius 3 is 2.53 bits per heavy atom. The monoisotopic (exact) mass is 281 g/mol. The maximum absolute atomic E-state index is 12.6. The Morgan fingerprint density at radius 2 is 2.00 bits per heavy atom. The summed E-state index contributed by atoms with van der Waals surface area (Å²) in [6.07, 6.45) is 0.174. The van der Waals surface area contributed by atoms with Gasteiger partial charge in [0.2, 0.25) is 10.0 Å². The smallest absolute Gasteiger partial charge is 0.243 e. The molecule has 0 heterocycles. The van der Waals surface area contributed by atoms with E-state index in [1.54, 1.807) is 32.9 Å². The van der Waals surface area contributed by atoms with Gasteiger partial charge in [-0.3, -0.25) is 0 Å². The van der Waals surface area contributed by atoms with Gasteiger partial charge in [-0.05, 0) is 37.1 Å². The molecule has 19 heavy (non-hydrogen) atoms. The standard InChI is InChI=1S/C13H19N3O2S/c1-4-16(7-5-6-14)19(17,18)13-9-10(2)8-12(15)11(13)3/h8-9H,4-5,7,15H2,1-3H3. The molecule has 0 aliphatic heterocycles. The molecule has 104 valence electrons. The summed E-state index contributed by atoms with van der Waals surface area (Å²) in [6, 6.07) is 5.33. The number of nitrogen functional groups attached to an aromatic ring is 1. The summed E-state index contributed by atoms with van der Waals surface area (Å²) < 4.78 is 26.4. The molecule has 0 unspecified atom stereocenters. The Bertz CT molecular complexity index is 603. The van der Waals surface area contributed by atoms with Gasteiger partial charge in [0.25, 0.3) is 0 Å². The second-order valence-corrected chi connectivity index (χ2v) is 6.29. The third kappa shape index (κ3) is 3.25. The molecule has 0 radical (unpaired) electrons. The Kier molecular flexibility index (Phi) is 4.92. The van der Waals surface area contributed by atoms with Crippen molar-refractivity contribution in [2.45, 2.75) is 32.1 Å². The van der Waals surface area contributed by atoms with E-state index >= 15 is 0 Å². The van der Waals surface area contributed by atoms with E-state index < -0.39 is 10.0 Å². The van der Waals surface area contributed by atoms with Crippen LogP contribution >= 0.6 is 0 Å². The van der Waals surface area contributed by atoms with Crippen LogP contribution in [0.4, 0.5) is 5.69 Å². The van der Waals surface area contributed by atoms with E-state index in [2.05, 4.69) is 0 Å². The van der Waals surface area contributed by atoms with Gasteiger partial charge >= 0.3 is 0 Å². The first-order chi connectivity index (χ1) is 8.84. The fourth-order valence-electron chi connectivity index (χ4n) is 1.88. The molecule has 0 fully saturated rings. The van der Waals surface area contributed by atoms with Crippen LogP contribution in [0, 0.1) is 25.2 Å². The number of anilines is 1. The largest absolute Gasteiger partial charge is 0.398 e. The zero-order chi connectivity index (χ0) is 14.6. The molecule has 0 atom stereocenters. The van der Waals surface area contributed by atoms with Crippen molar-refractivity contribution < 1.29 is 8.42 Å². The van der Waals surface area contributed by atoms with Crippen LogP contribution in [0.15, 0.2) is 17.0 Å². The van der Waals surface area contributed by atoms with Crippen LogP contribution in [0.2, 0.25) is 0 Å². The lowest BCUT2D eigenvalue weighted by atomic mass is 10.1. The molecule has 1 rings (SSSR count). The van der Waals surface area contributed by atoms with Crippen LogP contribution in [0.5, 0.6) is 0 Å². The Balaban J connectivity index is 3.30. The highest BCUT2D eigenvalue weighted by Crippen LogP contribution is 2.25. The molecular formula is C13H19N3O2S. The van der Waals surface area contributed by atoms with E-state index in [4.69, 9.17) is 11.0 Å². The molecule has 0 aliphatic carbocycles. The molecular weight excluding hydrogens is 262 g/mol. The highest BCUT2D eigenvalue weighted by molar-refractivity contribution is 7.89. The zero-order valence-electron chi connectivity index (χ0n) is 11.5. The lowest BCUT2D eigenvalue weighted by Gasteiger charge is -2.21. The van der Waals surface area contributed by atoms with Crippen LogP contribution in [0.3, 0.4) is 0 Å². The van der Waals surface area contributed by atoms with E-state index in [9.17, 15) is 8.42 Å². The Labute approximate surface area is 114 Å². The summed E-state index contributed by atoms with van der Waals surface area (Å²) in [7, 11) is -3.60. The fraction of sp³-hybridized carbons (Fsp3) is 0.462. The van der Waals surface area contributed by atoms with Gasteiger partial charge in [0.1, 0.15) is 0 Å². The molecule has 1 aromatic carbocycles. The minimum absolute atomic E-state index is 0.174. The molecule has 0 amide bonds. The molecule has 0 spiro atoms. The van der Waals surface area contributed by atoms with Gasteiger partial charge in [0.05, 0.1) is 11.0 Å². The summed E-state index contributed by atoms with van der Waals surface area (Å²) in [4.78, 5) is 0.227. The van der Waals surface area contributed by atoms with E-state index in [1.807, 2.05) is 6.07 Å². The van der Waals surface area contributed by atoms with Gasteiger partial charge in [-0.1, -0.05) is 6.92 Å². The van der Waals surface area contributed by atoms with E-state index in [0.29, 0.717) is 17.8 Å². The number of aryl methyl sites for hydroxylation is 1. The summed E-state index contributed by atoms with van der Waals surface area (Å²) in [6.45, 7) is 5.78. The highest BCUT2D eigenvalue weighted by Gasteiger charge is 2.25. The molecule has 1 aromatic rings. The fourth-order valence-corrected chi connectivity index (χ4v) is 3.67. The van der Waals surface area contributed by atoms with E-state index in [-0.39, 0.29) is 17.9 Å². The summed E-state index contributed by atoms with van der Waals surface area (Å²) in [5.74, 6) is 0. The second-order valence-electron chi connectivity index (χ2n) is 4.38. The van der Waals surface area contributed by atoms with Crippen LogP contribution < -0.4 is 5.73 Å². The third-order valence-corrected chi connectivity index (χ3v) is 5.09. The first-order valence-corrected chi connectivity index (χ1v) is 7.52. The summed E-state index contributed by atoms with van der Waals surface area (Å²) in [5, 5.41) is 8.60. The molecule has 0 aliphatic rings. The van der Waals surface area contributed by atoms with Crippen LogP contribution in [-0.4, -0.2) is 25.8 Å². The zero-order valence-corrected chi connectivity index (χ0v) is 12.3. The lowest BCUT2D eigenvalue weighted by Crippen LogP contribution is -2.32. The number of hydrogen-bond donors (Lipinski definition) is 1. The normalized spacial score (nSPS) is 11.5. The molecule has 0 saturated heterocycles. The van der Waals surface area contributed by atoms with Gasteiger partial charge in [-0.15, -0.1) is 0 Å². The van der Waals surface area contributed by atoms with Gasteiger partial charge in [0, 0.05) is 25.2 Å². The topological polar surface area (TPSA) is 87.2 Å². The molecule has 5 nitrogen and oxygen atoms in total. The van der Waals surface area contributed by atoms with E-state index in [1.165, 1.54) is 4.31 Å². The van der Waals surface area contributed by atoms with Gasteiger partial charge in [-0.25, -0.2) is 8.42 Å². The maximum Gasteiger partial charge on any atom is 0.243 e. The number of rotatable bonds is 5. The van der Waals surface area contributed by atoms with Crippen molar-refractivity contribution in [1.29, 1.82) is 5.26 Å². The summed E-state index contributed by atoms with van der Waals surface area (Å²) in [5.41, 5.74) is 7.65. The third-order valence-electron chi connectivity index (χ3n) is 2.99. The first-order valence-electron chi connectivity index (χ1n) is 6.08. The Morgan fingerprint density at radius 1 is 1.37 bits per heavy atom. The van der Waals surface area contributed by atoms with Crippen molar-refractivity contribution in [1.82, 2.24) is 4.31 Å². The SMILES string of the molecule is CCN(CCC#N)S(=O)(=O)c1cc(C)cc(N)c1C. The average Bonchev–Trinajstić information content (AvgIpc) is 2.34. The van der Waals surface area contributed by atoms with Gasteiger partial charge in [-0.2, -0.15) is 9.57 Å². The van der Waals surface area contributed by atoms with Crippen molar-refractivity contribution in [3.63, 3.8) is 0 Å². The molecule has 0 aromatic heterocycles. The number of sulfonamides is 1. The second kappa shape index (κ2) is 6.04. The van der Waals surface area contributed by atoms with Crippen molar-refractivity contribution >= 4 is 15.7 Å². The first kappa shape index (κ1) is 15.5. The molecule has 6 heteroatoms. The van der Waals surface area contributed by atoms with Crippen LogP contribution in [0.25, 0.3) is 0 Å². The van der Waals surface area contributed by atoms with Crippen LogP contribution in [-0.2, 0) is 10.0 Å². The maximum atomic E-state index is 12.6. The minimum atomic E-state index is -3.60. The number of benzene rings is 1. The van der Waals surface area contributed by atoms with Crippen molar-refractivity contribution in [3.8, 4) is 6.07 Å². The van der Waals surface area contributed by atoms with Crippen molar-refractivity contribution in [2.75, 3.05) is 18.8 Å². The molecule has 0 bridgehead atoms. The lowest BCUT2D eigenvalue weighted by molar-refractivity contribution is 0.434. The molecule has 0 saturated carbocycles. The number of nitrogens with two attached hydrogens (primary N) is 1. The Hall–Kier alpha value is -1.58. The summed E-state index contributed by atoms with van der Waals surface area (Å²) >= 11 is 0.